The summed E-state index contributed by atoms with van der Waals surface area (Å²) in [6.07, 6.45) is 1.08. The van der Waals surface area contributed by atoms with E-state index in [1.807, 2.05) is 26.0 Å². The van der Waals surface area contributed by atoms with Crippen molar-refractivity contribution in [3.63, 3.8) is 0 Å². The maximum absolute atomic E-state index is 6.98. The third-order valence-corrected chi connectivity index (χ3v) is 1.63. The first-order valence-electron chi connectivity index (χ1n) is 4.73. The van der Waals surface area contributed by atoms with E-state index in [-0.39, 0.29) is 5.41 Å². The molecule has 0 aromatic rings. The summed E-state index contributed by atoms with van der Waals surface area (Å²) in [5, 5.41) is 6.98. The van der Waals surface area contributed by atoms with Gasteiger partial charge in [0.05, 0.1) is 0 Å². The van der Waals surface area contributed by atoms with Crippen molar-refractivity contribution in [3.8, 4) is 0 Å². The second kappa shape index (κ2) is 4.98. The smallest absolute Gasteiger partial charge is 0.201 e. The van der Waals surface area contributed by atoms with Crippen molar-refractivity contribution in [3.05, 3.63) is 0 Å². The van der Waals surface area contributed by atoms with Gasteiger partial charge in [-0.05, 0) is 5.41 Å². The Balaban J connectivity index is 4.54. The van der Waals surface area contributed by atoms with Crippen molar-refractivity contribution in [2.24, 2.45) is 10.4 Å². The van der Waals surface area contributed by atoms with Crippen LogP contribution >= 0.6 is 0 Å². The summed E-state index contributed by atoms with van der Waals surface area (Å²) in [6, 6.07) is 0. The van der Waals surface area contributed by atoms with Gasteiger partial charge in [-0.3, -0.25) is 5.41 Å². The quantitative estimate of drug-likeness (QED) is 0.539. The maximum atomic E-state index is 6.98. The van der Waals surface area contributed by atoms with Gasteiger partial charge in [-0.25, -0.2) is 4.99 Å². The minimum absolute atomic E-state index is 0.230. The predicted molar refractivity (Wildman–Crippen MR) is 62.0 cm³/mol. The van der Waals surface area contributed by atoms with Crippen LogP contribution < -0.4 is 0 Å². The average Bonchev–Trinajstić information content (AvgIpc) is 1.95. The van der Waals surface area contributed by atoms with E-state index in [9.17, 15) is 0 Å². The van der Waals surface area contributed by atoms with Gasteiger partial charge in [-0.1, -0.05) is 20.8 Å². The highest BCUT2D eigenvalue weighted by Gasteiger charge is 2.17. The molecule has 0 radical (unpaired) electrons. The minimum atomic E-state index is 0.230. The van der Waals surface area contributed by atoms with Gasteiger partial charge in [0.15, 0.2) is 0 Å². The number of nitrogens with zero attached hydrogens (tertiary/aromatic N) is 3. The van der Waals surface area contributed by atoms with Gasteiger partial charge in [-0.2, -0.15) is 0 Å². The maximum Gasteiger partial charge on any atom is 0.201 e. The molecule has 82 valence electrons. The molecule has 0 unspecified atom stereocenters. The van der Waals surface area contributed by atoms with Crippen LogP contribution in [0.5, 0.6) is 0 Å². The van der Waals surface area contributed by atoms with Gasteiger partial charge < -0.3 is 9.80 Å². The van der Waals surface area contributed by atoms with Gasteiger partial charge >= 0.3 is 0 Å². The SMILES string of the molecule is CN(C)/C(=N\C=N)N(C)CC(C)(C)C. The normalized spacial score (nSPS) is 12.6. The highest BCUT2D eigenvalue weighted by molar-refractivity contribution is 5.85. The fraction of sp³-hybridized carbons (Fsp3) is 0.800. The zero-order chi connectivity index (χ0) is 11.4. The summed E-state index contributed by atoms with van der Waals surface area (Å²) in [5.74, 6) is 0.815. The number of rotatable bonds is 2. The van der Waals surface area contributed by atoms with Crippen molar-refractivity contribution in [2.75, 3.05) is 27.7 Å². The van der Waals surface area contributed by atoms with Gasteiger partial charge in [0, 0.05) is 27.7 Å². The summed E-state index contributed by atoms with van der Waals surface area (Å²) in [5.41, 5.74) is 0.230. The van der Waals surface area contributed by atoms with Crippen LogP contribution in [0.3, 0.4) is 0 Å². The Morgan fingerprint density at radius 1 is 1.29 bits per heavy atom. The molecule has 1 N–H and O–H groups in total. The van der Waals surface area contributed by atoms with Crippen molar-refractivity contribution >= 4 is 12.3 Å². The van der Waals surface area contributed by atoms with Gasteiger partial charge in [-0.15, -0.1) is 0 Å². The van der Waals surface area contributed by atoms with Crippen LogP contribution in [0.2, 0.25) is 0 Å². The Morgan fingerprint density at radius 2 is 1.79 bits per heavy atom. The van der Waals surface area contributed by atoms with Crippen LogP contribution in [-0.4, -0.2) is 49.8 Å². The van der Waals surface area contributed by atoms with E-state index in [0.29, 0.717) is 0 Å². The van der Waals surface area contributed by atoms with Gasteiger partial charge in [0.1, 0.15) is 6.34 Å². The standard InChI is InChI=1S/C10H22N4/c1-10(2,3)7-14(6)9(12-8-11)13(4)5/h8,11H,7H2,1-6H3/b11-8?,12-9+. The third kappa shape index (κ3) is 4.84. The topological polar surface area (TPSA) is 42.7 Å². The molecule has 0 fully saturated rings. The lowest BCUT2D eigenvalue weighted by molar-refractivity contribution is 0.287. The molecule has 0 aliphatic heterocycles. The molecule has 0 atom stereocenters. The fourth-order valence-electron chi connectivity index (χ4n) is 1.40. The Hall–Kier alpha value is -1.06. The summed E-state index contributed by atoms with van der Waals surface area (Å²) in [7, 11) is 5.86. The molecule has 0 rings (SSSR count). The molecule has 0 aliphatic carbocycles. The van der Waals surface area contributed by atoms with Crippen LogP contribution in [0.1, 0.15) is 20.8 Å². The Bertz CT molecular complexity index is 213. The van der Waals surface area contributed by atoms with E-state index < -0.39 is 0 Å². The number of guanidine groups is 1. The highest BCUT2D eigenvalue weighted by atomic mass is 15.3. The van der Waals surface area contributed by atoms with Crippen LogP contribution in [0.4, 0.5) is 0 Å². The lowest BCUT2D eigenvalue weighted by atomic mass is 9.96. The second-order valence-corrected chi connectivity index (χ2v) is 4.87. The second-order valence-electron chi connectivity index (χ2n) is 4.87. The van der Waals surface area contributed by atoms with E-state index in [4.69, 9.17) is 5.41 Å². The number of hydrogen-bond acceptors (Lipinski definition) is 1. The first-order valence-corrected chi connectivity index (χ1v) is 4.73. The summed E-state index contributed by atoms with van der Waals surface area (Å²) >= 11 is 0. The van der Waals surface area contributed by atoms with E-state index in [1.165, 1.54) is 0 Å². The predicted octanol–water partition coefficient (Wildman–Crippen LogP) is 1.49. The van der Waals surface area contributed by atoms with Crippen molar-refractivity contribution in [2.45, 2.75) is 20.8 Å². The monoisotopic (exact) mass is 198 g/mol. The lowest BCUT2D eigenvalue weighted by Gasteiger charge is -2.31. The molecule has 0 saturated heterocycles. The average molecular weight is 198 g/mol. The number of nitrogens with one attached hydrogen (secondary N) is 1. The van der Waals surface area contributed by atoms with Gasteiger partial charge in [0.2, 0.25) is 5.96 Å². The van der Waals surface area contributed by atoms with Crippen molar-refractivity contribution in [1.82, 2.24) is 9.80 Å². The van der Waals surface area contributed by atoms with Crippen LogP contribution in [-0.2, 0) is 0 Å². The third-order valence-electron chi connectivity index (χ3n) is 1.63. The molecular weight excluding hydrogens is 176 g/mol. The molecule has 0 spiro atoms. The molecule has 4 heteroatoms. The van der Waals surface area contributed by atoms with E-state index in [1.54, 1.807) is 0 Å². The number of aliphatic imine (C=N–C) groups is 1. The summed E-state index contributed by atoms with van der Waals surface area (Å²) < 4.78 is 0. The van der Waals surface area contributed by atoms with Crippen LogP contribution in [0, 0.1) is 10.8 Å². The van der Waals surface area contributed by atoms with E-state index in [2.05, 4.69) is 30.7 Å². The number of hydrogen-bond donors (Lipinski definition) is 1. The lowest BCUT2D eigenvalue weighted by Crippen LogP contribution is -2.42. The molecule has 0 bridgehead atoms. The first-order chi connectivity index (χ1) is 6.28. The molecule has 14 heavy (non-hydrogen) atoms. The molecule has 0 amide bonds. The van der Waals surface area contributed by atoms with Crippen molar-refractivity contribution in [1.29, 1.82) is 5.41 Å². The Morgan fingerprint density at radius 3 is 2.07 bits per heavy atom. The van der Waals surface area contributed by atoms with E-state index >= 15 is 0 Å². The molecule has 0 saturated carbocycles. The van der Waals surface area contributed by atoms with Crippen LogP contribution in [0.25, 0.3) is 0 Å². The molecule has 0 aliphatic rings. The molecular formula is C10H22N4. The Kier molecular flexibility index (Phi) is 4.60. The fourth-order valence-corrected chi connectivity index (χ4v) is 1.40. The van der Waals surface area contributed by atoms with Crippen molar-refractivity contribution < 1.29 is 0 Å². The Labute approximate surface area is 87.1 Å². The zero-order valence-electron chi connectivity index (χ0n) is 10.1. The highest BCUT2D eigenvalue weighted by Crippen LogP contribution is 2.14. The summed E-state index contributed by atoms with van der Waals surface area (Å²) in [6.45, 7) is 7.46. The largest absolute Gasteiger partial charge is 0.349 e. The van der Waals surface area contributed by atoms with Gasteiger partial charge in [0.25, 0.3) is 0 Å². The van der Waals surface area contributed by atoms with Crippen LogP contribution in [0.15, 0.2) is 4.99 Å². The van der Waals surface area contributed by atoms with E-state index in [0.717, 1.165) is 18.8 Å². The first kappa shape index (κ1) is 12.9. The zero-order valence-corrected chi connectivity index (χ0v) is 10.1. The molecule has 0 aromatic carbocycles. The molecule has 4 nitrogen and oxygen atoms in total. The molecule has 0 aromatic heterocycles. The minimum Gasteiger partial charge on any atom is -0.349 e. The molecule has 0 heterocycles. The summed E-state index contributed by atoms with van der Waals surface area (Å²) in [4.78, 5) is 7.99.